The summed E-state index contributed by atoms with van der Waals surface area (Å²) in [6.45, 7) is 3.73. The Morgan fingerprint density at radius 2 is 1.80 bits per heavy atom. The standard InChI is InChI=1S/C23H28N2O5/c1-3-29-21-8-7-17(23(27)25-11-9-16(10-12-25)22(24)26)13-18(21)15-30-20-6-4-5-19(14-20)28-2/h4-8,13-14,16H,3,9-12,15H2,1-2H3,(H2,24,26). The van der Waals surface area contributed by atoms with E-state index in [4.69, 9.17) is 19.9 Å². The Bertz CT molecular complexity index is 891. The molecule has 0 radical (unpaired) electrons. The smallest absolute Gasteiger partial charge is 0.253 e. The Balaban J connectivity index is 1.73. The van der Waals surface area contributed by atoms with Crippen LogP contribution in [0.15, 0.2) is 42.5 Å². The molecule has 1 aliphatic rings. The summed E-state index contributed by atoms with van der Waals surface area (Å²) in [6.07, 6.45) is 1.20. The van der Waals surface area contributed by atoms with Crippen LogP contribution in [0.2, 0.25) is 0 Å². The number of likely N-dealkylation sites (tertiary alicyclic amines) is 1. The quantitative estimate of drug-likeness (QED) is 0.720. The molecule has 1 saturated heterocycles. The lowest BCUT2D eigenvalue weighted by Crippen LogP contribution is -2.41. The summed E-state index contributed by atoms with van der Waals surface area (Å²) in [5.41, 5.74) is 6.75. The van der Waals surface area contributed by atoms with Crippen LogP contribution in [-0.4, -0.2) is 43.5 Å². The van der Waals surface area contributed by atoms with Crippen LogP contribution in [0.25, 0.3) is 0 Å². The zero-order valence-corrected chi connectivity index (χ0v) is 17.4. The van der Waals surface area contributed by atoms with Gasteiger partial charge in [-0.25, -0.2) is 0 Å². The molecule has 2 amide bonds. The molecule has 2 aromatic carbocycles. The van der Waals surface area contributed by atoms with E-state index in [2.05, 4.69) is 0 Å². The van der Waals surface area contributed by atoms with Crippen molar-refractivity contribution in [3.05, 3.63) is 53.6 Å². The molecule has 7 nitrogen and oxygen atoms in total. The van der Waals surface area contributed by atoms with Gasteiger partial charge >= 0.3 is 0 Å². The van der Waals surface area contributed by atoms with Crippen molar-refractivity contribution in [3.63, 3.8) is 0 Å². The lowest BCUT2D eigenvalue weighted by molar-refractivity contribution is -0.123. The van der Waals surface area contributed by atoms with Gasteiger partial charge in [0.25, 0.3) is 5.91 Å². The average molecular weight is 412 g/mol. The van der Waals surface area contributed by atoms with Gasteiger partial charge in [-0.2, -0.15) is 0 Å². The molecule has 3 rings (SSSR count). The number of nitrogens with two attached hydrogens (primary N) is 1. The van der Waals surface area contributed by atoms with E-state index >= 15 is 0 Å². The number of hydrogen-bond acceptors (Lipinski definition) is 5. The summed E-state index contributed by atoms with van der Waals surface area (Å²) in [6, 6.07) is 12.7. The second-order valence-electron chi connectivity index (χ2n) is 7.19. The molecule has 1 aliphatic heterocycles. The van der Waals surface area contributed by atoms with Gasteiger partial charge in [-0.1, -0.05) is 6.07 Å². The van der Waals surface area contributed by atoms with Gasteiger partial charge < -0.3 is 24.8 Å². The number of carbonyl (C=O) groups is 2. The lowest BCUT2D eigenvalue weighted by atomic mass is 9.95. The van der Waals surface area contributed by atoms with Gasteiger partial charge in [-0.05, 0) is 50.1 Å². The summed E-state index contributed by atoms with van der Waals surface area (Å²) in [5.74, 6) is 1.55. The average Bonchev–Trinajstić information content (AvgIpc) is 2.78. The number of rotatable bonds is 8. The Kier molecular flexibility index (Phi) is 7.17. The van der Waals surface area contributed by atoms with Crippen LogP contribution in [0.4, 0.5) is 0 Å². The molecule has 1 fully saturated rings. The fraction of sp³-hybridized carbons (Fsp3) is 0.391. The van der Waals surface area contributed by atoms with E-state index in [0.717, 1.165) is 5.56 Å². The highest BCUT2D eigenvalue weighted by molar-refractivity contribution is 5.94. The van der Waals surface area contributed by atoms with Crippen LogP contribution in [0.3, 0.4) is 0 Å². The summed E-state index contributed by atoms with van der Waals surface area (Å²) in [4.78, 5) is 26.1. The molecule has 7 heteroatoms. The minimum atomic E-state index is -0.292. The maximum Gasteiger partial charge on any atom is 0.253 e. The molecule has 0 atom stereocenters. The SMILES string of the molecule is CCOc1ccc(C(=O)N2CCC(C(N)=O)CC2)cc1COc1cccc(OC)c1. The van der Waals surface area contributed by atoms with E-state index in [-0.39, 0.29) is 24.3 Å². The van der Waals surface area contributed by atoms with Gasteiger partial charge in [0.1, 0.15) is 23.9 Å². The molecule has 160 valence electrons. The number of ether oxygens (including phenoxy) is 3. The number of carbonyl (C=O) groups excluding carboxylic acids is 2. The number of hydrogen-bond donors (Lipinski definition) is 1. The van der Waals surface area contributed by atoms with Crippen LogP contribution in [0, 0.1) is 5.92 Å². The third kappa shape index (κ3) is 5.23. The Morgan fingerprint density at radius 1 is 1.07 bits per heavy atom. The zero-order chi connectivity index (χ0) is 21.5. The number of primary amides is 1. The van der Waals surface area contributed by atoms with Crippen LogP contribution in [0.1, 0.15) is 35.7 Å². The number of piperidine rings is 1. The summed E-state index contributed by atoms with van der Waals surface area (Å²) < 4.78 is 16.8. The van der Waals surface area contributed by atoms with Crippen molar-refractivity contribution in [1.29, 1.82) is 0 Å². The molecular formula is C23H28N2O5. The predicted octanol–water partition coefficient (Wildman–Crippen LogP) is 3.01. The van der Waals surface area contributed by atoms with Crippen molar-refractivity contribution in [2.45, 2.75) is 26.4 Å². The fourth-order valence-corrected chi connectivity index (χ4v) is 3.52. The molecule has 2 N–H and O–H groups in total. The first kappa shape index (κ1) is 21.5. The third-order valence-corrected chi connectivity index (χ3v) is 5.23. The van der Waals surface area contributed by atoms with Gasteiger partial charge in [0.05, 0.1) is 13.7 Å². The second kappa shape index (κ2) is 10.0. The van der Waals surface area contributed by atoms with Gasteiger partial charge in [0, 0.05) is 36.2 Å². The summed E-state index contributed by atoms with van der Waals surface area (Å²) in [7, 11) is 1.60. The molecule has 0 aliphatic carbocycles. The van der Waals surface area contributed by atoms with Crippen LogP contribution >= 0.6 is 0 Å². The van der Waals surface area contributed by atoms with Crippen molar-refractivity contribution in [2.24, 2.45) is 11.7 Å². The number of nitrogens with zero attached hydrogens (tertiary/aromatic N) is 1. The zero-order valence-electron chi connectivity index (χ0n) is 17.4. The lowest BCUT2D eigenvalue weighted by Gasteiger charge is -2.30. The molecule has 0 aromatic heterocycles. The Labute approximate surface area is 176 Å². The molecule has 2 aromatic rings. The van der Waals surface area contributed by atoms with E-state index in [0.29, 0.717) is 55.4 Å². The van der Waals surface area contributed by atoms with Crippen molar-refractivity contribution >= 4 is 11.8 Å². The van der Waals surface area contributed by atoms with E-state index in [1.165, 1.54) is 0 Å². The molecule has 1 heterocycles. The topological polar surface area (TPSA) is 91.1 Å². The highest BCUT2D eigenvalue weighted by Gasteiger charge is 2.26. The van der Waals surface area contributed by atoms with Crippen molar-refractivity contribution in [1.82, 2.24) is 4.90 Å². The van der Waals surface area contributed by atoms with Gasteiger partial charge in [-0.3, -0.25) is 9.59 Å². The maximum absolute atomic E-state index is 13.0. The monoisotopic (exact) mass is 412 g/mol. The number of benzene rings is 2. The molecule has 0 unspecified atom stereocenters. The van der Waals surface area contributed by atoms with Crippen LogP contribution in [-0.2, 0) is 11.4 Å². The summed E-state index contributed by atoms with van der Waals surface area (Å²) >= 11 is 0. The van der Waals surface area contributed by atoms with Crippen molar-refractivity contribution < 1.29 is 23.8 Å². The summed E-state index contributed by atoms with van der Waals surface area (Å²) in [5, 5.41) is 0. The maximum atomic E-state index is 13.0. The molecule has 30 heavy (non-hydrogen) atoms. The van der Waals surface area contributed by atoms with E-state index in [1.54, 1.807) is 30.2 Å². The van der Waals surface area contributed by atoms with E-state index in [1.807, 2.05) is 31.2 Å². The van der Waals surface area contributed by atoms with Gasteiger partial charge in [0.15, 0.2) is 0 Å². The van der Waals surface area contributed by atoms with E-state index < -0.39 is 0 Å². The second-order valence-corrected chi connectivity index (χ2v) is 7.19. The van der Waals surface area contributed by atoms with Crippen LogP contribution in [0.5, 0.6) is 17.2 Å². The Morgan fingerprint density at radius 3 is 2.47 bits per heavy atom. The van der Waals surface area contributed by atoms with Crippen LogP contribution < -0.4 is 19.9 Å². The first-order valence-electron chi connectivity index (χ1n) is 10.1. The Hall–Kier alpha value is -3.22. The minimum absolute atomic E-state index is 0.0661. The highest BCUT2D eigenvalue weighted by atomic mass is 16.5. The number of methoxy groups -OCH3 is 1. The molecule has 0 spiro atoms. The highest BCUT2D eigenvalue weighted by Crippen LogP contribution is 2.26. The van der Waals surface area contributed by atoms with Gasteiger partial charge in [0.2, 0.25) is 5.91 Å². The third-order valence-electron chi connectivity index (χ3n) is 5.23. The molecular weight excluding hydrogens is 384 g/mol. The predicted molar refractivity (Wildman–Crippen MR) is 113 cm³/mol. The van der Waals surface area contributed by atoms with Crippen molar-refractivity contribution in [3.8, 4) is 17.2 Å². The van der Waals surface area contributed by atoms with Crippen molar-refractivity contribution in [2.75, 3.05) is 26.8 Å². The first-order valence-corrected chi connectivity index (χ1v) is 10.1. The first-order chi connectivity index (χ1) is 14.5. The normalized spacial score (nSPS) is 14.3. The minimum Gasteiger partial charge on any atom is -0.497 e. The molecule has 0 bridgehead atoms. The van der Waals surface area contributed by atoms with E-state index in [9.17, 15) is 9.59 Å². The van der Waals surface area contributed by atoms with Gasteiger partial charge in [-0.15, -0.1) is 0 Å². The number of amides is 2. The largest absolute Gasteiger partial charge is 0.497 e. The molecule has 0 saturated carbocycles. The fourth-order valence-electron chi connectivity index (χ4n) is 3.52.